The summed E-state index contributed by atoms with van der Waals surface area (Å²) in [6.07, 6.45) is 4.06. The highest BCUT2D eigenvalue weighted by atomic mass is 35.5. The van der Waals surface area contributed by atoms with Crippen LogP contribution in [0.3, 0.4) is 0 Å². The number of carbonyl (C=O) groups excluding carboxylic acids is 1. The Morgan fingerprint density at radius 2 is 1.92 bits per heavy atom. The summed E-state index contributed by atoms with van der Waals surface area (Å²) in [6.45, 7) is 4.69. The van der Waals surface area contributed by atoms with E-state index < -0.39 is 9.84 Å². The zero-order chi connectivity index (χ0) is 17.6. The Morgan fingerprint density at radius 3 is 2.56 bits per heavy atom. The van der Waals surface area contributed by atoms with Crippen molar-refractivity contribution in [3.8, 4) is 0 Å². The molecule has 1 saturated heterocycles. The van der Waals surface area contributed by atoms with Crippen LogP contribution in [0.1, 0.15) is 37.3 Å². The maximum absolute atomic E-state index is 12.2. The number of piperidine rings is 1. The summed E-state index contributed by atoms with van der Waals surface area (Å²) < 4.78 is 22.8. The summed E-state index contributed by atoms with van der Waals surface area (Å²) >= 11 is 0. The maximum Gasteiger partial charge on any atom is 0.220 e. The van der Waals surface area contributed by atoms with Crippen molar-refractivity contribution < 1.29 is 13.2 Å². The van der Waals surface area contributed by atoms with Gasteiger partial charge >= 0.3 is 0 Å². The third kappa shape index (κ3) is 8.21. The number of carbonyl (C=O) groups is 1. The summed E-state index contributed by atoms with van der Waals surface area (Å²) in [4.78, 5) is 12.2. The van der Waals surface area contributed by atoms with Gasteiger partial charge in [0.25, 0.3) is 0 Å². The lowest BCUT2D eigenvalue weighted by atomic mass is 9.84. The molecule has 1 atom stereocenters. The molecule has 25 heavy (non-hydrogen) atoms. The lowest BCUT2D eigenvalue weighted by molar-refractivity contribution is -0.122. The molecular weight excluding hydrogens is 360 g/mol. The summed E-state index contributed by atoms with van der Waals surface area (Å²) in [5.74, 6) is 1.11. The van der Waals surface area contributed by atoms with Crippen LogP contribution in [0.4, 0.5) is 0 Å². The van der Waals surface area contributed by atoms with Crippen LogP contribution < -0.4 is 10.6 Å². The lowest BCUT2D eigenvalue weighted by Gasteiger charge is -2.27. The van der Waals surface area contributed by atoms with Gasteiger partial charge in [-0.1, -0.05) is 31.2 Å². The van der Waals surface area contributed by atoms with Crippen LogP contribution in [0.2, 0.25) is 0 Å². The van der Waals surface area contributed by atoms with Gasteiger partial charge in [0.2, 0.25) is 5.91 Å². The molecule has 0 aromatic heterocycles. The minimum atomic E-state index is -3.05. The van der Waals surface area contributed by atoms with Crippen LogP contribution in [0.25, 0.3) is 0 Å². The normalized spacial score (nSPS) is 16.7. The van der Waals surface area contributed by atoms with Crippen molar-refractivity contribution >= 4 is 28.2 Å². The molecule has 2 N–H and O–H groups in total. The van der Waals surface area contributed by atoms with Crippen LogP contribution in [-0.2, 0) is 26.9 Å². The molecule has 5 nitrogen and oxygen atoms in total. The number of nitrogens with one attached hydrogen (secondary N) is 2. The first-order valence-electron chi connectivity index (χ1n) is 8.56. The molecule has 0 aliphatic carbocycles. The molecule has 1 amide bonds. The van der Waals surface area contributed by atoms with E-state index >= 15 is 0 Å². The Hall–Kier alpha value is -1.11. The molecule has 1 unspecified atom stereocenters. The molecule has 0 saturated carbocycles. The first-order valence-corrected chi connectivity index (χ1v) is 10.6. The number of hydrogen-bond acceptors (Lipinski definition) is 4. The molecule has 1 fully saturated rings. The van der Waals surface area contributed by atoms with E-state index in [0.29, 0.717) is 24.8 Å². The van der Waals surface area contributed by atoms with Gasteiger partial charge in [0.1, 0.15) is 0 Å². The average Bonchev–Trinajstić information content (AvgIpc) is 2.52. The van der Waals surface area contributed by atoms with E-state index in [2.05, 4.69) is 17.6 Å². The van der Waals surface area contributed by atoms with E-state index in [-0.39, 0.29) is 24.1 Å². The predicted molar refractivity (Wildman–Crippen MR) is 103 cm³/mol. The first kappa shape index (κ1) is 21.9. The second-order valence-corrected chi connectivity index (χ2v) is 9.08. The van der Waals surface area contributed by atoms with Gasteiger partial charge in [-0.05, 0) is 48.9 Å². The monoisotopic (exact) mass is 388 g/mol. The number of rotatable bonds is 7. The van der Waals surface area contributed by atoms with E-state index in [0.717, 1.165) is 37.1 Å². The van der Waals surface area contributed by atoms with Gasteiger partial charge in [-0.15, -0.1) is 12.4 Å². The second-order valence-electron chi connectivity index (χ2n) is 6.94. The molecular formula is C18H29ClN2O3S. The molecule has 0 radical (unpaired) electrons. The predicted octanol–water partition coefficient (Wildman–Crippen LogP) is 2.30. The van der Waals surface area contributed by atoms with Gasteiger partial charge in [0, 0.05) is 19.2 Å². The molecule has 7 heteroatoms. The van der Waals surface area contributed by atoms with Crippen molar-refractivity contribution in [1.82, 2.24) is 10.6 Å². The molecule has 1 aliphatic heterocycles. The molecule has 1 aromatic rings. The molecule has 142 valence electrons. The fourth-order valence-corrected chi connectivity index (χ4v) is 4.06. The largest absolute Gasteiger partial charge is 0.352 e. The van der Waals surface area contributed by atoms with E-state index in [9.17, 15) is 13.2 Å². The molecule has 2 rings (SSSR count). The van der Waals surface area contributed by atoms with Crippen molar-refractivity contribution in [2.75, 3.05) is 19.3 Å². The fraction of sp³-hybridized carbons (Fsp3) is 0.611. The molecule has 0 spiro atoms. The number of halogens is 1. The van der Waals surface area contributed by atoms with Crippen molar-refractivity contribution in [1.29, 1.82) is 0 Å². The van der Waals surface area contributed by atoms with E-state index in [1.54, 1.807) is 6.07 Å². The summed E-state index contributed by atoms with van der Waals surface area (Å²) in [5.41, 5.74) is 1.69. The van der Waals surface area contributed by atoms with Crippen molar-refractivity contribution in [3.05, 3.63) is 35.4 Å². The third-order valence-electron chi connectivity index (χ3n) is 4.61. The van der Waals surface area contributed by atoms with Crippen molar-refractivity contribution in [3.63, 3.8) is 0 Å². The van der Waals surface area contributed by atoms with E-state index in [4.69, 9.17) is 0 Å². The highest BCUT2D eigenvalue weighted by molar-refractivity contribution is 7.89. The van der Waals surface area contributed by atoms with Crippen LogP contribution in [0.5, 0.6) is 0 Å². The summed E-state index contributed by atoms with van der Waals surface area (Å²) in [6, 6.07) is 7.38. The number of benzene rings is 1. The van der Waals surface area contributed by atoms with Crippen molar-refractivity contribution in [2.24, 2.45) is 11.8 Å². The number of sulfone groups is 1. The zero-order valence-electron chi connectivity index (χ0n) is 15.0. The van der Waals surface area contributed by atoms with Gasteiger partial charge in [-0.3, -0.25) is 4.79 Å². The van der Waals surface area contributed by atoms with Gasteiger partial charge in [0.15, 0.2) is 9.84 Å². The van der Waals surface area contributed by atoms with Crippen LogP contribution >= 0.6 is 12.4 Å². The fourth-order valence-electron chi connectivity index (χ4n) is 3.28. The van der Waals surface area contributed by atoms with Gasteiger partial charge < -0.3 is 10.6 Å². The SMILES string of the molecule is CC(CC(=O)NCc1cccc(CS(C)(=O)=O)c1)C1CCNCC1.Cl. The van der Waals surface area contributed by atoms with Gasteiger partial charge in [-0.2, -0.15) is 0 Å². The Bertz CT molecular complexity index is 658. The smallest absolute Gasteiger partial charge is 0.220 e. The zero-order valence-corrected chi connectivity index (χ0v) is 16.6. The standard InChI is InChI=1S/C18H28N2O3S.ClH/c1-14(17-6-8-19-9-7-17)10-18(21)20-12-15-4-3-5-16(11-15)13-24(2,22)23;/h3-5,11,14,17,19H,6-10,12-13H2,1-2H3,(H,20,21);1H. The molecule has 1 aliphatic rings. The lowest BCUT2D eigenvalue weighted by Crippen LogP contribution is -2.33. The van der Waals surface area contributed by atoms with Crippen LogP contribution in [0.15, 0.2) is 24.3 Å². The Labute approximate surface area is 157 Å². The average molecular weight is 389 g/mol. The topological polar surface area (TPSA) is 75.3 Å². The van der Waals surface area contributed by atoms with Crippen LogP contribution in [0, 0.1) is 11.8 Å². The van der Waals surface area contributed by atoms with Crippen LogP contribution in [-0.4, -0.2) is 33.7 Å². The van der Waals surface area contributed by atoms with Gasteiger partial charge in [-0.25, -0.2) is 8.42 Å². The summed E-state index contributed by atoms with van der Waals surface area (Å²) in [7, 11) is -3.05. The maximum atomic E-state index is 12.2. The first-order chi connectivity index (χ1) is 11.3. The minimum absolute atomic E-state index is 0. The highest BCUT2D eigenvalue weighted by Gasteiger charge is 2.21. The number of hydrogen-bond donors (Lipinski definition) is 2. The Balaban J connectivity index is 0.00000312. The highest BCUT2D eigenvalue weighted by Crippen LogP contribution is 2.24. The van der Waals surface area contributed by atoms with E-state index in [1.807, 2.05) is 18.2 Å². The molecule has 1 heterocycles. The quantitative estimate of drug-likeness (QED) is 0.751. The Morgan fingerprint density at radius 1 is 1.28 bits per heavy atom. The third-order valence-corrected chi connectivity index (χ3v) is 5.46. The minimum Gasteiger partial charge on any atom is -0.352 e. The second kappa shape index (κ2) is 10.1. The van der Waals surface area contributed by atoms with Gasteiger partial charge in [0.05, 0.1) is 5.75 Å². The number of amides is 1. The van der Waals surface area contributed by atoms with Crippen molar-refractivity contribution in [2.45, 2.75) is 38.5 Å². The molecule has 1 aromatic carbocycles. The Kier molecular flexibility index (Phi) is 8.89. The van der Waals surface area contributed by atoms with E-state index in [1.165, 1.54) is 6.26 Å². The molecule has 0 bridgehead atoms. The summed E-state index contributed by atoms with van der Waals surface area (Å²) in [5, 5.41) is 6.30.